The third-order valence-corrected chi connectivity index (χ3v) is 3.38. The second kappa shape index (κ2) is 4.15. The fourth-order valence-corrected chi connectivity index (χ4v) is 2.45. The van der Waals surface area contributed by atoms with Gasteiger partial charge in [0.15, 0.2) is 0 Å². The van der Waals surface area contributed by atoms with E-state index < -0.39 is 6.10 Å². The summed E-state index contributed by atoms with van der Waals surface area (Å²) in [5, 5.41) is 18.8. The summed E-state index contributed by atoms with van der Waals surface area (Å²) in [6.07, 6.45) is -0.727. The summed E-state index contributed by atoms with van der Waals surface area (Å²) in [5.74, 6) is 0.130. The number of thiazole rings is 1. The molecule has 1 aromatic heterocycles. The van der Waals surface area contributed by atoms with E-state index in [0.717, 1.165) is 10.2 Å². The lowest BCUT2D eigenvalue weighted by atomic mass is 10.2. The molecule has 3 nitrogen and oxygen atoms in total. The molecule has 76 valence electrons. The van der Waals surface area contributed by atoms with Gasteiger partial charge in [0, 0.05) is 0 Å². The van der Waals surface area contributed by atoms with Crippen LogP contribution in [-0.2, 0) is 0 Å². The van der Waals surface area contributed by atoms with Crippen molar-refractivity contribution in [1.29, 1.82) is 5.26 Å². The molecule has 0 bridgehead atoms. The number of rotatable bonds is 2. The minimum atomic E-state index is -0.727. The number of alkyl halides is 1. The van der Waals surface area contributed by atoms with Crippen LogP contribution in [0.2, 0.25) is 0 Å². The van der Waals surface area contributed by atoms with Gasteiger partial charge in [0.2, 0.25) is 0 Å². The number of halogens is 1. The second-order valence-corrected chi connectivity index (χ2v) is 4.39. The monoisotopic (exact) mass is 238 g/mol. The first kappa shape index (κ1) is 10.4. The Kier molecular flexibility index (Phi) is 2.87. The minimum absolute atomic E-state index is 0.130. The van der Waals surface area contributed by atoms with Gasteiger partial charge in [0.1, 0.15) is 11.1 Å². The van der Waals surface area contributed by atoms with E-state index in [2.05, 4.69) is 11.1 Å². The van der Waals surface area contributed by atoms with Crippen molar-refractivity contribution in [2.45, 2.75) is 6.10 Å². The van der Waals surface area contributed by atoms with Crippen molar-refractivity contribution in [1.82, 2.24) is 4.98 Å². The molecular formula is C10H7ClN2OS. The summed E-state index contributed by atoms with van der Waals surface area (Å²) in [6.45, 7) is 0. The number of benzene rings is 1. The Morgan fingerprint density at radius 1 is 1.60 bits per heavy atom. The SMILES string of the molecule is N#Cc1ccc2nc(C(O)CCl)sc2c1. The molecule has 0 fully saturated rings. The number of nitrogens with zero attached hydrogens (tertiary/aromatic N) is 2. The molecule has 0 aliphatic carbocycles. The van der Waals surface area contributed by atoms with E-state index in [1.807, 2.05) is 0 Å². The van der Waals surface area contributed by atoms with Gasteiger partial charge >= 0.3 is 0 Å². The lowest BCUT2D eigenvalue weighted by Crippen LogP contribution is -1.96. The fraction of sp³-hybridized carbons (Fsp3) is 0.200. The van der Waals surface area contributed by atoms with Gasteiger partial charge in [0.25, 0.3) is 0 Å². The molecule has 0 amide bonds. The van der Waals surface area contributed by atoms with Crippen LogP contribution in [0.25, 0.3) is 10.2 Å². The number of nitriles is 1. The molecule has 0 radical (unpaired) electrons. The molecule has 0 spiro atoms. The van der Waals surface area contributed by atoms with Gasteiger partial charge in [-0.05, 0) is 18.2 Å². The predicted molar refractivity (Wildman–Crippen MR) is 60.0 cm³/mol. The van der Waals surface area contributed by atoms with Crippen LogP contribution in [0.3, 0.4) is 0 Å². The van der Waals surface area contributed by atoms with Crippen molar-refractivity contribution in [2.24, 2.45) is 0 Å². The van der Waals surface area contributed by atoms with Crippen molar-refractivity contribution in [3.05, 3.63) is 28.8 Å². The van der Waals surface area contributed by atoms with E-state index in [1.54, 1.807) is 18.2 Å². The Balaban J connectivity index is 2.52. The number of aliphatic hydroxyl groups is 1. The highest BCUT2D eigenvalue weighted by Gasteiger charge is 2.12. The molecule has 1 heterocycles. The molecule has 2 rings (SSSR count). The zero-order valence-corrected chi connectivity index (χ0v) is 9.22. The summed E-state index contributed by atoms with van der Waals surface area (Å²) in [6, 6.07) is 7.30. The van der Waals surface area contributed by atoms with Crippen LogP contribution in [0.4, 0.5) is 0 Å². The quantitative estimate of drug-likeness (QED) is 0.818. The van der Waals surface area contributed by atoms with Gasteiger partial charge in [-0.3, -0.25) is 0 Å². The highest BCUT2D eigenvalue weighted by Crippen LogP contribution is 2.27. The molecule has 1 unspecified atom stereocenters. The first-order chi connectivity index (χ1) is 7.24. The van der Waals surface area contributed by atoms with Crippen molar-refractivity contribution < 1.29 is 5.11 Å². The summed E-state index contributed by atoms with van der Waals surface area (Å²) < 4.78 is 0.896. The minimum Gasteiger partial charge on any atom is -0.385 e. The molecule has 1 aromatic carbocycles. The van der Waals surface area contributed by atoms with Crippen LogP contribution in [0.5, 0.6) is 0 Å². The lowest BCUT2D eigenvalue weighted by Gasteiger charge is -1.98. The summed E-state index contributed by atoms with van der Waals surface area (Å²) >= 11 is 6.90. The van der Waals surface area contributed by atoms with E-state index in [9.17, 15) is 5.11 Å². The van der Waals surface area contributed by atoms with E-state index in [-0.39, 0.29) is 5.88 Å². The Morgan fingerprint density at radius 2 is 2.40 bits per heavy atom. The molecule has 2 aromatic rings. The standard InChI is InChI=1S/C10H7ClN2OS/c11-4-8(14)10-13-7-2-1-6(5-12)3-9(7)15-10/h1-3,8,14H,4H2. The topological polar surface area (TPSA) is 56.9 Å². The van der Waals surface area contributed by atoms with Crippen molar-refractivity contribution in [2.75, 3.05) is 5.88 Å². The number of fused-ring (bicyclic) bond motifs is 1. The van der Waals surface area contributed by atoms with Crippen LogP contribution < -0.4 is 0 Å². The maximum absolute atomic E-state index is 9.51. The fourth-order valence-electron chi connectivity index (χ4n) is 1.22. The molecule has 5 heteroatoms. The highest BCUT2D eigenvalue weighted by molar-refractivity contribution is 7.18. The average Bonchev–Trinajstić information content (AvgIpc) is 2.70. The molecule has 0 aliphatic rings. The first-order valence-corrected chi connectivity index (χ1v) is 5.64. The average molecular weight is 239 g/mol. The molecule has 15 heavy (non-hydrogen) atoms. The predicted octanol–water partition coefficient (Wildman–Crippen LogP) is 2.44. The molecular weight excluding hydrogens is 232 g/mol. The van der Waals surface area contributed by atoms with Gasteiger partial charge in [0.05, 0.1) is 27.7 Å². The molecule has 0 saturated heterocycles. The highest BCUT2D eigenvalue weighted by atomic mass is 35.5. The smallest absolute Gasteiger partial charge is 0.124 e. The van der Waals surface area contributed by atoms with Crippen LogP contribution >= 0.6 is 22.9 Å². The Labute approximate surface area is 95.6 Å². The van der Waals surface area contributed by atoms with Gasteiger partial charge in [-0.15, -0.1) is 22.9 Å². The van der Waals surface area contributed by atoms with Crippen molar-refractivity contribution >= 4 is 33.2 Å². The molecule has 1 N–H and O–H groups in total. The number of aromatic nitrogens is 1. The maximum Gasteiger partial charge on any atom is 0.124 e. The molecule has 1 atom stereocenters. The molecule has 0 saturated carbocycles. The van der Waals surface area contributed by atoms with Crippen LogP contribution in [0.1, 0.15) is 16.7 Å². The van der Waals surface area contributed by atoms with Gasteiger partial charge in [-0.25, -0.2) is 4.98 Å². The second-order valence-electron chi connectivity index (χ2n) is 3.02. The summed E-state index contributed by atoms with van der Waals surface area (Å²) in [7, 11) is 0. The van der Waals surface area contributed by atoms with Crippen LogP contribution in [0.15, 0.2) is 18.2 Å². The Bertz CT molecular complexity index is 532. The summed E-state index contributed by atoms with van der Waals surface area (Å²) in [5.41, 5.74) is 1.39. The van der Waals surface area contributed by atoms with E-state index in [4.69, 9.17) is 16.9 Å². The van der Waals surface area contributed by atoms with Crippen molar-refractivity contribution in [3.63, 3.8) is 0 Å². The van der Waals surface area contributed by atoms with Gasteiger partial charge < -0.3 is 5.11 Å². The van der Waals surface area contributed by atoms with Gasteiger partial charge in [-0.2, -0.15) is 5.26 Å². The lowest BCUT2D eigenvalue weighted by molar-refractivity contribution is 0.202. The normalized spacial score (nSPS) is 12.6. The first-order valence-electron chi connectivity index (χ1n) is 4.29. The van der Waals surface area contributed by atoms with Crippen LogP contribution in [-0.4, -0.2) is 16.0 Å². The zero-order chi connectivity index (χ0) is 10.8. The maximum atomic E-state index is 9.51. The Hall–Kier alpha value is -1.15. The third kappa shape index (κ3) is 1.95. The zero-order valence-electron chi connectivity index (χ0n) is 7.64. The number of hydrogen-bond donors (Lipinski definition) is 1. The Morgan fingerprint density at radius 3 is 3.07 bits per heavy atom. The third-order valence-electron chi connectivity index (χ3n) is 1.97. The van der Waals surface area contributed by atoms with Crippen molar-refractivity contribution in [3.8, 4) is 6.07 Å². The number of hydrogen-bond acceptors (Lipinski definition) is 4. The molecule has 0 aliphatic heterocycles. The van der Waals surface area contributed by atoms with E-state index >= 15 is 0 Å². The largest absolute Gasteiger partial charge is 0.385 e. The van der Waals surface area contributed by atoms with Crippen LogP contribution in [0, 0.1) is 11.3 Å². The van der Waals surface area contributed by atoms with E-state index in [0.29, 0.717) is 10.6 Å². The van der Waals surface area contributed by atoms with Gasteiger partial charge in [-0.1, -0.05) is 0 Å². The number of aliphatic hydroxyl groups excluding tert-OH is 1. The summed E-state index contributed by atoms with van der Waals surface area (Å²) in [4.78, 5) is 4.23. The van der Waals surface area contributed by atoms with E-state index in [1.165, 1.54) is 11.3 Å².